The number of aromatic nitrogens is 2. The van der Waals surface area contributed by atoms with Gasteiger partial charge in [-0.05, 0) is 62.6 Å². The maximum atomic E-state index is 13.3. The van der Waals surface area contributed by atoms with Crippen molar-refractivity contribution in [3.8, 4) is 11.3 Å². The average Bonchev–Trinajstić information content (AvgIpc) is 2.69. The standard InChI is InChI=1S/C21H29N3O3S/c1-4-12-24(13-5-2)28(26,27)19-14-16(11-10-15(19)3)20-17-8-6-7-9-18(17)21(25)23-22-20/h10-11,14H,4-9,12-13H2,1-3H3,(H,23,25). The van der Waals surface area contributed by atoms with Gasteiger partial charge in [-0.25, -0.2) is 13.5 Å². The highest BCUT2D eigenvalue weighted by Crippen LogP contribution is 2.31. The molecule has 0 saturated heterocycles. The molecule has 0 bridgehead atoms. The van der Waals surface area contributed by atoms with Gasteiger partial charge in [0.2, 0.25) is 10.0 Å². The van der Waals surface area contributed by atoms with Crippen molar-refractivity contribution in [1.82, 2.24) is 14.5 Å². The monoisotopic (exact) mass is 403 g/mol. The number of hydrogen-bond acceptors (Lipinski definition) is 4. The molecule has 1 heterocycles. The predicted octanol–water partition coefficient (Wildman–Crippen LogP) is 3.43. The van der Waals surface area contributed by atoms with E-state index in [0.717, 1.165) is 60.8 Å². The van der Waals surface area contributed by atoms with Gasteiger partial charge in [0.1, 0.15) is 0 Å². The first kappa shape index (κ1) is 20.7. The number of H-pyrrole nitrogens is 1. The molecule has 0 amide bonds. The minimum atomic E-state index is -3.58. The molecule has 28 heavy (non-hydrogen) atoms. The number of sulfonamides is 1. The van der Waals surface area contributed by atoms with E-state index >= 15 is 0 Å². The summed E-state index contributed by atoms with van der Waals surface area (Å²) in [5.41, 5.74) is 3.78. The molecule has 0 spiro atoms. The van der Waals surface area contributed by atoms with Crippen LogP contribution in [-0.2, 0) is 22.9 Å². The predicted molar refractivity (Wildman–Crippen MR) is 111 cm³/mol. The van der Waals surface area contributed by atoms with Crippen LogP contribution in [0.5, 0.6) is 0 Å². The van der Waals surface area contributed by atoms with Gasteiger partial charge >= 0.3 is 0 Å². The van der Waals surface area contributed by atoms with Crippen molar-refractivity contribution in [3.05, 3.63) is 45.2 Å². The van der Waals surface area contributed by atoms with Gasteiger partial charge in [-0.15, -0.1) is 0 Å². The molecule has 152 valence electrons. The van der Waals surface area contributed by atoms with Crippen molar-refractivity contribution in [2.45, 2.75) is 64.2 Å². The van der Waals surface area contributed by atoms with Crippen LogP contribution in [0.25, 0.3) is 11.3 Å². The first-order valence-corrected chi connectivity index (χ1v) is 11.6. The highest BCUT2D eigenvalue weighted by molar-refractivity contribution is 7.89. The van der Waals surface area contributed by atoms with E-state index in [9.17, 15) is 13.2 Å². The number of nitrogens with zero attached hydrogens (tertiary/aromatic N) is 2. The summed E-state index contributed by atoms with van der Waals surface area (Å²) in [7, 11) is -3.58. The Morgan fingerprint density at radius 2 is 1.71 bits per heavy atom. The SMILES string of the molecule is CCCN(CCC)S(=O)(=O)c1cc(-c2n[nH]c(=O)c3c2CCCC3)ccc1C. The summed E-state index contributed by atoms with van der Waals surface area (Å²) in [6, 6.07) is 5.45. The van der Waals surface area contributed by atoms with Gasteiger partial charge in [0, 0.05) is 24.2 Å². The number of hydrogen-bond donors (Lipinski definition) is 1. The lowest BCUT2D eigenvalue weighted by molar-refractivity contribution is 0.409. The second kappa shape index (κ2) is 8.57. The third-order valence-corrected chi connectivity index (χ3v) is 7.36. The van der Waals surface area contributed by atoms with Crippen LogP contribution in [0.15, 0.2) is 27.9 Å². The number of nitrogens with one attached hydrogen (secondary N) is 1. The minimum Gasteiger partial charge on any atom is -0.268 e. The lowest BCUT2D eigenvalue weighted by atomic mass is 9.90. The fraction of sp³-hybridized carbons (Fsp3) is 0.524. The third-order valence-electron chi connectivity index (χ3n) is 5.32. The molecule has 3 rings (SSSR count). The topological polar surface area (TPSA) is 83.1 Å². The Hall–Kier alpha value is -1.99. The average molecular weight is 404 g/mol. The molecule has 1 N–H and O–H groups in total. The second-order valence-corrected chi connectivity index (χ2v) is 9.36. The zero-order valence-corrected chi connectivity index (χ0v) is 17.7. The molecule has 1 aliphatic carbocycles. The molecule has 1 aromatic heterocycles. The first-order valence-electron chi connectivity index (χ1n) is 10.1. The number of aryl methyl sites for hydroxylation is 1. The van der Waals surface area contributed by atoms with E-state index in [2.05, 4.69) is 10.2 Å². The second-order valence-electron chi connectivity index (χ2n) is 7.45. The molecular formula is C21H29N3O3S. The van der Waals surface area contributed by atoms with Crippen LogP contribution < -0.4 is 5.56 Å². The Morgan fingerprint density at radius 1 is 1.07 bits per heavy atom. The Morgan fingerprint density at radius 3 is 2.36 bits per heavy atom. The molecule has 2 aromatic rings. The van der Waals surface area contributed by atoms with Crippen molar-refractivity contribution in [1.29, 1.82) is 0 Å². The highest BCUT2D eigenvalue weighted by atomic mass is 32.2. The largest absolute Gasteiger partial charge is 0.268 e. The van der Waals surface area contributed by atoms with Gasteiger partial charge in [0.05, 0.1) is 10.6 Å². The van der Waals surface area contributed by atoms with E-state index in [4.69, 9.17) is 0 Å². The Bertz CT molecular complexity index is 1010. The van der Waals surface area contributed by atoms with Crippen molar-refractivity contribution in [3.63, 3.8) is 0 Å². The molecule has 1 aliphatic rings. The molecule has 1 aromatic carbocycles. The van der Waals surface area contributed by atoms with E-state index in [-0.39, 0.29) is 5.56 Å². The molecule has 7 heteroatoms. The van der Waals surface area contributed by atoms with E-state index in [1.54, 1.807) is 10.4 Å². The van der Waals surface area contributed by atoms with Crippen molar-refractivity contribution < 1.29 is 8.42 Å². The van der Waals surface area contributed by atoms with E-state index in [0.29, 0.717) is 23.7 Å². The molecule has 0 fully saturated rings. The van der Waals surface area contributed by atoms with Crippen molar-refractivity contribution in [2.24, 2.45) is 0 Å². The maximum Gasteiger partial charge on any atom is 0.267 e. The van der Waals surface area contributed by atoms with Crippen molar-refractivity contribution in [2.75, 3.05) is 13.1 Å². The molecule has 0 aliphatic heterocycles. The van der Waals surface area contributed by atoms with E-state index < -0.39 is 10.0 Å². The number of aromatic amines is 1. The molecule has 0 saturated carbocycles. The summed E-state index contributed by atoms with van der Waals surface area (Å²) in [5.74, 6) is 0. The van der Waals surface area contributed by atoms with Gasteiger partial charge in [0.25, 0.3) is 5.56 Å². The fourth-order valence-electron chi connectivity index (χ4n) is 3.91. The van der Waals surface area contributed by atoms with Crippen LogP contribution in [0, 0.1) is 6.92 Å². The molecule has 0 atom stereocenters. The summed E-state index contributed by atoms with van der Waals surface area (Å²) in [6.45, 7) is 6.80. The fourth-order valence-corrected chi connectivity index (χ4v) is 5.79. The highest BCUT2D eigenvalue weighted by Gasteiger charge is 2.26. The van der Waals surface area contributed by atoms with Crippen LogP contribution in [-0.4, -0.2) is 36.0 Å². The van der Waals surface area contributed by atoms with Crippen LogP contribution in [0.4, 0.5) is 0 Å². The smallest absolute Gasteiger partial charge is 0.267 e. The van der Waals surface area contributed by atoms with Gasteiger partial charge in [0.15, 0.2) is 0 Å². The first-order chi connectivity index (χ1) is 13.4. The molecule has 0 unspecified atom stereocenters. The summed E-state index contributed by atoms with van der Waals surface area (Å²) in [4.78, 5) is 12.5. The Kier molecular flexibility index (Phi) is 6.35. The summed E-state index contributed by atoms with van der Waals surface area (Å²) in [5, 5.41) is 6.88. The quantitative estimate of drug-likeness (QED) is 0.768. The van der Waals surface area contributed by atoms with Crippen LogP contribution in [0.3, 0.4) is 0 Å². The lowest BCUT2D eigenvalue weighted by Crippen LogP contribution is -2.33. The summed E-state index contributed by atoms with van der Waals surface area (Å²) < 4.78 is 28.2. The number of fused-ring (bicyclic) bond motifs is 1. The molecule has 0 radical (unpaired) electrons. The van der Waals surface area contributed by atoms with Crippen LogP contribution >= 0.6 is 0 Å². The van der Waals surface area contributed by atoms with Crippen LogP contribution in [0.2, 0.25) is 0 Å². The lowest BCUT2D eigenvalue weighted by Gasteiger charge is -2.23. The van der Waals surface area contributed by atoms with Crippen LogP contribution in [0.1, 0.15) is 56.2 Å². The zero-order valence-electron chi connectivity index (χ0n) is 16.9. The maximum absolute atomic E-state index is 13.3. The summed E-state index contributed by atoms with van der Waals surface area (Å²) >= 11 is 0. The van der Waals surface area contributed by atoms with E-state index in [1.165, 1.54) is 0 Å². The Labute approximate surface area is 167 Å². The van der Waals surface area contributed by atoms with Gasteiger partial charge in [-0.2, -0.15) is 9.40 Å². The van der Waals surface area contributed by atoms with E-state index in [1.807, 2.05) is 32.9 Å². The third kappa shape index (κ3) is 3.91. The normalized spacial score (nSPS) is 14.3. The molecular weight excluding hydrogens is 374 g/mol. The van der Waals surface area contributed by atoms with Gasteiger partial charge in [-0.1, -0.05) is 26.0 Å². The molecule has 6 nitrogen and oxygen atoms in total. The zero-order chi connectivity index (χ0) is 20.3. The Balaban J connectivity index is 2.12. The number of rotatable bonds is 7. The minimum absolute atomic E-state index is 0.129. The summed E-state index contributed by atoms with van der Waals surface area (Å²) in [6.07, 6.45) is 5.10. The van der Waals surface area contributed by atoms with Gasteiger partial charge in [-0.3, -0.25) is 4.79 Å². The van der Waals surface area contributed by atoms with Crippen molar-refractivity contribution >= 4 is 10.0 Å². The number of benzene rings is 1. The van der Waals surface area contributed by atoms with Gasteiger partial charge < -0.3 is 0 Å².